The molecule has 0 radical (unpaired) electrons. The smallest absolute Gasteiger partial charge is 0.407 e. The Hall–Kier alpha value is -0.660. The first-order valence-electron chi connectivity index (χ1n) is 7.77. The zero-order valence-corrected chi connectivity index (χ0v) is 16.8. The second-order valence-electron chi connectivity index (χ2n) is 6.75. The lowest BCUT2D eigenvalue weighted by atomic mass is 10.1. The molecule has 0 bridgehead atoms. The fraction of sp³-hybridized carbons (Fsp3) is 0.625. The monoisotopic (exact) mass is 447 g/mol. The Kier molecular flexibility index (Phi) is 6.45. The second kappa shape index (κ2) is 7.94. The molecule has 0 saturated heterocycles. The maximum absolute atomic E-state index is 11.9. The quantitative estimate of drug-likeness (QED) is 0.726. The summed E-state index contributed by atoms with van der Waals surface area (Å²) in [5, 5.41) is 6.48. The van der Waals surface area contributed by atoms with E-state index in [0.29, 0.717) is 6.54 Å². The van der Waals surface area contributed by atoms with E-state index >= 15 is 0 Å². The van der Waals surface area contributed by atoms with Crippen LogP contribution >= 0.6 is 31.9 Å². The summed E-state index contributed by atoms with van der Waals surface area (Å²) in [6.07, 6.45) is 4.53. The van der Waals surface area contributed by atoms with Crippen LogP contribution in [0.15, 0.2) is 21.2 Å². The molecule has 1 aromatic rings. The van der Waals surface area contributed by atoms with Gasteiger partial charge in [-0.3, -0.25) is 4.98 Å². The molecule has 1 saturated carbocycles. The number of aromatic nitrogens is 1. The number of alkyl carbamates (subject to hydrolysis) is 1. The molecule has 0 spiro atoms. The van der Waals surface area contributed by atoms with Crippen LogP contribution in [0.1, 0.15) is 45.7 Å². The number of ether oxygens (including phenoxy) is 1. The minimum absolute atomic E-state index is 0.0964. The number of hydrogen-bond acceptors (Lipinski definition) is 4. The highest BCUT2D eigenvalue weighted by Crippen LogP contribution is 2.22. The van der Waals surface area contributed by atoms with Gasteiger partial charge in [-0.15, -0.1) is 0 Å². The van der Waals surface area contributed by atoms with E-state index in [0.717, 1.165) is 33.9 Å². The number of hydrogen-bond donors (Lipinski definition) is 2. The van der Waals surface area contributed by atoms with Gasteiger partial charge in [0.25, 0.3) is 0 Å². The summed E-state index contributed by atoms with van der Waals surface area (Å²) in [7, 11) is 0. The Morgan fingerprint density at radius 1 is 1.35 bits per heavy atom. The summed E-state index contributed by atoms with van der Waals surface area (Å²) < 4.78 is 7.25. The third kappa shape index (κ3) is 6.04. The van der Waals surface area contributed by atoms with Crippen molar-refractivity contribution >= 4 is 38.0 Å². The number of halogens is 2. The van der Waals surface area contributed by atoms with Gasteiger partial charge in [0.05, 0.1) is 5.69 Å². The Bertz CT molecular complexity index is 561. The van der Waals surface area contributed by atoms with Crippen LogP contribution in [0.2, 0.25) is 0 Å². The van der Waals surface area contributed by atoms with Gasteiger partial charge in [0.15, 0.2) is 0 Å². The normalized spacial score (nSPS) is 21.3. The lowest BCUT2D eigenvalue weighted by Crippen LogP contribution is -2.47. The largest absolute Gasteiger partial charge is 0.444 e. The lowest BCUT2D eigenvalue weighted by Gasteiger charge is -2.25. The number of carbonyl (C=O) groups excluding carboxylic acids is 1. The number of pyridine rings is 1. The van der Waals surface area contributed by atoms with Crippen molar-refractivity contribution in [1.29, 1.82) is 0 Å². The van der Waals surface area contributed by atoms with Crippen LogP contribution in [0.5, 0.6) is 0 Å². The summed E-state index contributed by atoms with van der Waals surface area (Å²) in [5.41, 5.74) is 0.480. The molecular formula is C16H23Br2N3O2. The predicted octanol–water partition coefficient (Wildman–Crippen LogP) is 4.14. The summed E-state index contributed by atoms with van der Waals surface area (Å²) in [6, 6.07) is 2.31. The first-order chi connectivity index (χ1) is 10.7. The van der Waals surface area contributed by atoms with Gasteiger partial charge < -0.3 is 15.4 Å². The molecule has 23 heavy (non-hydrogen) atoms. The molecule has 2 rings (SSSR count). The fourth-order valence-electron chi connectivity index (χ4n) is 2.64. The molecular weight excluding hydrogens is 426 g/mol. The van der Waals surface area contributed by atoms with E-state index in [1.165, 1.54) is 0 Å². The highest BCUT2D eigenvalue weighted by Gasteiger charge is 2.30. The van der Waals surface area contributed by atoms with Crippen molar-refractivity contribution in [2.75, 3.05) is 0 Å². The van der Waals surface area contributed by atoms with Crippen LogP contribution in [0.4, 0.5) is 4.79 Å². The Labute approximate surface area is 154 Å². The predicted molar refractivity (Wildman–Crippen MR) is 97.3 cm³/mol. The second-order valence-corrected chi connectivity index (χ2v) is 8.52. The Morgan fingerprint density at radius 3 is 2.70 bits per heavy atom. The molecule has 5 nitrogen and oxygen atoms in total. The standard InChI is InChI=1S/C16H23Br2N3O2/c1-16(2,3)23-15(22)21-13-6-4-5-12(13)20-9-14-11(18)7-10(17)8-19-14/h7-8,12-13,20H,4-6,9H2,1-3H3,(H,21,22). The average Bonchev–Trinajstić information content (AvgIpc) is 2.82. The minimum Gasteiger partial charge on any atom is -0.444 e. The van der Waals surface area contributed by atoms with Crippen molar-refractivity contribution in [3.05, 3.63) is 26.9 Å². The average molecular weight is 449 g/mol. The maximum atomic E-state index is 11.9. The summed E-state index contributed by atoms with van der Waals surface area (Å²) in [4.78, 5) is 16.3. The topological polar surface area (TPSA) is 63.2 Å². The fourth-order valence-corrected chi connectivity index (χ4v) is 3.76. The van der Waals surface area contributed by atoms with Gasteiger partial charge in [0.1, 0.15) is 5.60 Å². The van der Waals surface area contributed by atoms with E-state index in [-0.39, 0.29) is 18.2 Å². The van der Waals surface area contributed by atoms with Crippen molar-refractivity contribution in [3.8, 4) is 0 Å². The highest BCUT2D eigenvalue weighted by atomic mass is 79.9. The molecule has 1 aromatic heterocycles. The third-order valence-electron chi connectivity index (χ3n) is 3.63. The SMILES string of the molecule is CC(C)(C)OC(=O)NC1CCCC1NCc1ncc(Br)cc1Br. The zero-order chi connectivity index (χ0) is 17.0. The molecule has 1 aliphatic rings. The number of nitrogens with one attached hydrogen (secondary N) is 2. The van der Waals surface area contributed by atoms with Gasteiger partial charge in [-0.1, -0.05) is 0 Å². The Morgan fingerprint density at radius 2 is 2.04 bits per heavy atom. The van der Waals surface area contributed by atoms with Gasteiger partial charge in [-0.25, -0.2) is 4.79 Å². The van der Waals surface area contributed by atoms with E-state index in [2.05, 4.69) is 47.5 Å². The van der Waals surface area contributed by atoms with Gasteiger partial charge in [0, 0.05) is 33.8 Å². The molecule has 2 unspecified atom stereocenters. The van der Waals surface area contributed by atoms with Crippen molar-refractivity contribution < 1.29 is 9.53 Å². The number of amides is 1. The molecule has 2 N–H and O–H groups in total. The van der Waals surface area contributed by atoms with Gasteiger partial charge in [-0.2, -0.15) is 0 Å². The van der Waals surface area contributed by atoms with E-state index < -0.39 is 5.60 Å². The van der Waals surface area contributed by atoms with Crippen molar-refractivity contribution in [3.63, 3.8) is 0 Å². The molecule has 0 aliphatic heterocycles. The molecule has 2 atom stereocenters. The van der Waals surface area contributed by atoms with Gasteiger partial charge in [-0.05, 0) is 78.0 Å². The molecule has 1 aliphatic carbocycles. The highest BCUT2D eigenvalue weighted by molar-refractivity contribution is 9.11. The summed E-state index contributed by atoms with van der Waals surface area (Å²) >= 11 is 6.92. The Balaban J connectivity index is 1.88. The third-order valence-corrected chi connectivity index (χ3v) is 4.75. The first-order valence-corrected chi connectivity index (χ1v) is 9.36. The van der Waals surface area contributed by atoms with Crippen LogP contribution in [-0.4, -0.2) is 28.8 Å². The summed E-state index contributed by atoms with van der Waals surface area (Å²) in [6.45, 7) is 6.26. The van der Waals surface area contributed by atoms with Crippen LogP contribution < -0.4 is 10.6 Å². The number of carbonyl (C=O) groups is 1. The van der Waals surface area contributed by atoms with Crippen molar-refractivity contribution in [2.45, 2.75) is 64.3 Å². The summed E-state index contributed by atoms with van der Waals surface area (Å²) in [5.74, 6) is 0. The molecule has 1 heterocycles. The van der Waals surface area contributed by atoms with E-state index in [1.54, 1.807) is 6.20 Å². The molecule has 1 amide bonds. The van der Waals surface area contributed by atoms with Crippen molar-refractivity contribution in [2.24, 2.45) is 0 Å². The van der Waals surface area contributed by atoms with E-state index in [4.69, 9.17) is 4.74 Å². The molecule has 1 fully saturated rings. The van der Waals surface area contributed by atoms with Crippen molar-refractivity contribution in [1.82, 2.24) is 15.6 Å². The molecule has 7 heteroatoms. The maximum Gasteiger partial charge on any atom is 0.407 e. The first kappa shape index (κ1) is 18.7. The van der Waals surface area contributed by atoms with Crippen LogP contribution in [0.25, 0.3) is 0 Å². The van der Waals surface area contributed by atoms with E-state index in [9.17, 15) is 4.79 Å². The number of rotatable bonds is 4. The van der Waals surface area contributed by atoms with Crippen LogP contribution in [0.3, 0.4) is 0 Å². The van der Waals surface area contributed by atoms with E-state index in [1.807, 2.05) is 26.8 Å². The van der Waals surface area contributed by atoms with Crippen LogP contribution in [-0.2, 0) is 11.3 Å². The molecule has 128 valence electrons. The van der Waals surface area contributed by atoms with Crippen LogP contribution in [0, 0.1) is 0 Å². The number of nitrogens with zero attached hydrogens (tertiary/aromatic N) is 1. The van der Waals surface area contributed by atoms with Gasteiger partial charge >= 0.3 is 6.09 Å². The molecule has 0 aromatic carbocycles. The zero-order valence-electron chi connectivity index (χ0n) is 13.7. The minimum atomic E-state index is -0.474. The lowest BCUT2D eigenvalue weighted by molar-refractivity contribution is 0.0498. The van der Waals surface area contributed by atoms with Gasteiger partial charge in [0.2, 0.25) is 0 Å².